The molecule has 3 nitrogen and oxygen atoms in total. The van der Waals surface area contributed by atoms with Crippen molar-refractivity contribution in [3.05, 3.63) is 35.9 Å². The normalized spacial score (nSPS) is 15.8. The molecule has 0 bridgehead atoms. The van der Waals surface area contributed by atoms with Crippen molar-refractivity contribution < 1.29 is 8.42 Å². The number of hydrogen-bond acceptors (Lipinski definition) is 3. The summed E-state index contributed by atoms with van der Waals surface area (Å²) in [6.45, 7) is 5.72. The highest BCUT2D eigenvalue weighted by Crippen LogP contribution is 2.27. The molecule has 4 heteroatoms. The summed E-state index contributed by atoms with van der Waals surface area (Å²) in [4.78, 5) is 0. The standard InChI is InChI=1S/C13H21NO2S/c1-10(2)11(3)17(15,16)13(9-14)12-7-5-4-6-8-12/h4-8,10-11,13H,9,14H2,1-3H3. The molecule has 0 amide bonds. The lowest BCUT2D eigenvalue weighted by Crippen LogP contribution is -2.32. The first-order valence-electron chi connectivity index (χ1n) is 5.89. The Bertz CT molecular complexity index is 440. The fraction of sp³-hybridized carbons (Fsp3) is 0.538. The van der Waals surface area contributed by atoms with Crippen molar-refractivity contribution in [3.8, 4) is 0 Å². The number of sulfone groups is 1. The zero-order valence-electron chi connectivity index (χ0n) is 10.6. The van der Waals surface area contributed by atoms with Crippen LogP contribution in [0.5, 0.6) is 0 Å². The van der Waals surface area contributed by atoms with E-state index < -0.39 is 15.1 Å². The van der Waals surface area contributed by atoms with Crippen molar-refractivity contribution >= 4 is 9.84 Å². The quantitative estimate of drug-likeness (QED) is 0.877. The van der Waals surface area contributed by atoms with Gasteiger partial charge >= 0.3 is 0 Å². The summed E-state index contributed by atoms with van der Waals surface area (Å²) in [5.74, 6) is 0.0952. The average Bonchev–Trinajstić information content (AvgIpc) is 2.29. The van der Waals surface area contributed by atoms with Crippen LogP contribution >= 0.6 is 0 Å². The summed E-state index contributed by atoms with van der Waals surface area (Å²) in [6, 6.07) is 9.20. The van der Waals surface area contributed by atoms with E-state index in [4.69, 9.17) is 5.73 Å². The maximum absolute atomic E-state index is 12.4. The number of hydrogen-bond donors (Lipinski definition) is 1. The van der Waals surface area contributed by atoms with Crippen molar-refractivity contribution in [2.45, 2.75) is 31.3 Å². The largest absolute Gasteiger partial charge is 0.329 e. The summed E-state index contributed by atoms with van der Waals surface area (Å²) in [5, 5.41) is -0.975. The molecule has 1 rings (SSSR count). The van der Waals surface area contributed by atoms with E-state index in [2.05, 4.69) is 0 Å². The van der Waals surface area contributed by atoms with Crippen LogP contribution in [0.4, 0.5) is 0 Å². The molecule has 96 valence electrons. The van der Waals surface area contributed by atoms with Crippen molar-refractivity contribution in [2.24, 2.45) is 11.7 Å². The van der Waals surface area contributed by atoms with Gasteiger partial charge in [0.2, 0.25) is 0 Å². The van der Waals surface area contributed by atoms with Crippen LogP contribution in [0, 0.1) is 5.92 Å². The van der Waals surface area contributed by atoms with Crippen LogP contribution in [-0.2, 0) is 9.84 Å². The van der Waals surface area contributed by atoms with Crippen LogP contribution in [0.15, 0.2) is 30.3 Å². The molecule has 0 aromatic heterocycles. The van der Waals surface area contributed by atoms with Gasteiger partial charge in [0.15, 0.2) is 9.84 Å². The molecule has 2 N–H and O–H groups in total. The number of rotatable bonds is 5. The second kappa shape index (κ2) is 5.65. The predicted molar refractivity (Wildman–Crippen MR) is 71.5 cm³/mol. The molecule has 1 aromatic rings. The van der Waals surface area contributed by atoms with Gasteiger partial charge < -0.3 is 5.73 Å². The van der Waals surface area contributed by atoms with Gasteiger partial charge in [0.25, 0.3) is 0 Å². The van der Waals surface area contributed by atoms with E-state index in [0.717, 1.165) is 5.56 Å². The van der Waals surface area contributed by atoms with Gasteiger partial charge in [0, 0.05) is 6.54 Å². The zero-order valence-corrected chi connectivity index (χ0v) is 11.4. The maximum atomic E-state index is 12.4. The van der Waals surface area contributed by atoms with E-state index >= 15 is 0 Å². The van der Waals surface area contributed by atoms with Gasteiger partial charge in [0.05, 0.1) is 10.5 Å². The molecule has 0 heterocycles. The molecule has 0 spiro atoms. The third-order valence-electron chi connectivity index (χ3n) is 3.24. The van der Waals surface area contributed by atoms with Crippen LogP contribution in [0.2, 0.25) is 0 Å². The maximum Gasteiger partial charge on any atom is 0.161 e. The van der Waals surface area contributed by atoms with Gasteiger partial charge in [-0.1, -0.05) is 44.2 Å². The molecule has 0 saturated carbocycles. The molecule has 0 fully saturated rings. The van der Waals surface area contributed by atoms with Crippen molar-refractivity contribution in [1.29, 1.82) is 0 Å². The average molecular weight is 255 g/mol. The Hall–Kier alpha value is -0.870. The molecule has 2 unspecified atom stereocenters. The summed E-state index contributed by atoms with van der Waals surface area (Å²) in [5.41, 5.74) is 6.43. The SMILES string of the molecule is CC(C)C(C)S(=O)(=O)C(CN)c1ccccc1. The first-order valence-corrected chi connectivity index (χ1v) is 7.50. The summed E-state index contributed by atoms with van der Waals surface area (Å²) in [6.07, 6.45) is 0. The third kappa shape index (κ3) is 3.07. The number of nitrogens with two attached hydrogens (primary N) is 1. The molecule has 1 aromatic carbocycles. The lowest BCUT2D eigenvalue weighted by Gasteiger charge is -2.23. The number of benzene rings is 1. The molecular formula is C13H21NO2S. The van der Waals surface area contributed by atoms with Crippen LogP contribution in [0.3, 0.4) is 0 Å². The Balaban J connectivity index is 3.12. The van der Waals surface area contributed by atoms with E-state index in [-0.39, 0.29) is 17.7 Å². The third-order valence-corrected chi connectivity index (χ3v) is 6.08. The van der Waals surface area contributed by atoms with Gasteiger partial charge in [-0.15, -0.1) is 0 Å². The molecule has 0 aliphatic heterocycles. The topological polar surface area (TPSA) is 60.2 Å². The van der Waals surface area contributed by atoms with E-state index in [1.807, 2.05) is 44.2 Å². The Morgan fingerprint density at radius 1 is 1.12 bits per heavy atom. The molecule has 0 aliphatic carbocycles. The second-order valence-corrected chi connectivity index (χ2v) is 7.16. The molecule has 0 radical (unpaired) electrons. The van der Waals surface area contributed by atoms with Crippen molar-refractivity contribution in [1.82, 2.24) is 0 Å². The highest BCUT2D eigenvalue weighted by molar-refractivity contribution is 7.92. The summed E-state index contributed by atoms with van der Waals surface area (Å²) < 4.78 is 24.8. The van der Waals surface area contributed by atoms with Gasteiger partial charge in [-0.05, 0) is 18.4 Å². The second-order valence-electron chi connectivity index (χ2n) is 4.67. The molecular weight excluding hydrogens is 234 g/mol. The lowest BCUT2D eigenvalue weighted by molar-refractivity contribution is 0.534. The fourth-order valence-corrected chi connectivity index (χ4v) is 3.85. The van der Waals surface area contributed by atoms with Gasteiger partial charge in [0.1, 0.15) is 0 Å². The first kappa shape index (κ1) is 14.2. The molecule has 0 saturated heterocycles. The first-order chi connectivity index (χ1) is 7.91. The minimum atomic E-state index is -3.23. The Morgan fingerprint density at radius 3 is 2.06 bits per heavy atom. The smallest absolute Gasteiger partial charge is 0.161 e. The molecule has 0 aliphatic rings. The van der Waals surface area contributed by atoms with Crippen LogP contribution in [-0.4, -0.2) is 20.2 Å². The zero-order chi connectivity index (χ0) is 13.1. The van der Waals surface area contributed by atoms with E-state index in [1.54, 1.807) is 6.92 Å². The Labute approximate surface area is 104 Å². The Kier molecular flexibility index (Phi) is 4.71. The minimum absolute atomic E-state index is 0.0952. The van der Waals surface area contributed by atoms with Gasteiger partial charge in [-0.3, -0.25) is 0 Å². The Morgan fingerprint density at radius 2 is 1.65 bits per heavy atom. The predicted octanol–water partition coefficient (Wildman–Crippen LogP) is 2.15. The van der Waals surface area contributed by atoms with Crippen LogP contribution in [0.25, 0.3) is 0 Å². The lowest BCUT2D eigenvalue weighted by atomic mass is 10.1. The highest BCUT2D eigenvalue weighted by Gasteiger charge is 2.32. The molecule has 17 heavy (non-hydrogen) atoms. The fourth-order valence-electron chi connectivity index (χ4n) is 1.77. The van der Waals surface area contributed by atoms with E-state index in [1.165, 1.54) is 0 Å². The summed E-state index contributed by atoms with van der Waals surface area (Å²) >= 11 is 0. The van der Waals surface area contributed by atoms with Crippen LogP contribution < -0.4 is 5.73 Å². The van der Waals surface area contributed by atoms with E-state index in [9.17, 15) is 8.42 Å². The minimum Gasteiger partial charge on any atom is -0.329 e. The van der Waals surface area contributed by atoms with Crippen LogP contribution in [0.1, 0.15) is 31.6 Å². The highest BCUT2D eigenvalue weighted by atomic mass is 32.2. The van der Waals surface area contributed by atoms with E-state index in [0.29, 0.717) is 0 Å². The summed E-state index contributed by atoms with van der Waals surface area (Å²) in [7, 11) is -3.23. The van der Waals surface area contributed by atoms with Gasteiger partial charge in [-0.25, -0.2) is 8.42 Å². The van der Waals surface area contributed by atoms with Crippen molar-refractivity contribution in [3.63, 3.8) is 0 Å². The van der Waals surface area contributed by atoms with Gasteiger partial charge in [-0.2, -0.15) is 0 Å². The molecule has 2 atom stereocenters. The van der Waals surface area contributed by atoms with Crippen molar-refractivity contribution in [2.75, 3.05) is 6.54 Å². The monoisotopic (exact) mass is 255 g/mol.